The number of nitrogens with zero attached hydrogens (tertiary/aromatic N) is 1. The predicted octanol–water partition coefficient (Wildman–Crippen LogP) is 5.32. The molecule has 2 aliphatic rings. The molecule has 0 aromatic heterocycles. The van der Waals surface area contributed by atoms with Crippen LogP contribution in [0.1, 0.15) is 62.5 Å². The van der Waals surface area contributed by atoms with Crippen LogP contribution in [0.15, 0.2) is 65.0 Å². The Labute approximate surface area is 221 Å². The fraction of sp³-hybridized carbons (Fsp3) is 0.379. The Hall–Kier alpha value is -4.14. The molecule has 0 spiro atoms. The molecule has 2 aromatic rings. The molecular weight excluding hydrogens is 488 g/mol. The van der Waals surface area contributed by atoms with Crippen molar-refractivity contribution in [1.29, 1.82) is 0 Å². The maximum atomic E-state index is 13.7. The van der Waals surface area contributed by atoms with Gasteiger partial charge in [-0.05, 0) is 48.9 Å². The van der Waals surface area contributed by atoms with Gasteiger partial charge in [0.25, 0.3) is 5.69 Å². The first-order valence-corrected chi connectivity index (χ1v) is 12.7. The normalized spacial score (nSPS) is 19.0. The quantitative estimate of drug-likeness (QED) is 0.204. The molecule has 0 fully saturated rings. The zero-order valence-electron chi connectivity index (χ0n) is 22.0. The van der Waals surface area contributed by atoms with Crippen molar-refractivity contribution in [3.63, 3.8) is 0 Å². The molecule has 2 aromatic carbocycles. The zero-order chi connectivity index (χ0) is 27.4. The van der Waals surface area contributed by atoms with Crippen LogP contribution in [0.25, 0.3) is 0 Å². The summed E-state index contributed by atoms with van der Waals surface area (Å²) in [5, 5.41) is 14.6. The number of benzene rings is 2. The molecule has 9 heteroatoms. The number of hydrogen-bond donors (Lipinski definition) is 1. The van der Waals surface area contributed by atoms with E-state index in [0.717, 1.165) is 24.1 Å². The van der Waals surface area contributed by atoms with E-state index in [1.165, 1.54) is 12.1 Å². The lowest BCUT2D eigenvalue weighted by Gasteiger charge is -2.36. The van der Waals surface area contributed by atoms with Gasteiger partial charge in [0.15, 0.2) is 17.3 Å². The molecule has 0 bridgehead atoms. The first kappa shape index (κ1) is 26.9. The summed E-state index contributed by atoms with van der Waals surface area (Å²) in [6.07, 6.45) is 2.40. The number of non-ortho nitro benzene ring substituents is 1. The summed E-state index contributed by atoms with van der Waals surface area (Å²) in [7, 11) is 3.14. The van der Waals surface area contributed by atoms with Crippen LogP contribution in [0.5, 0.6) is 11.5 Å². The Bertz CT molecular complexity index is 1310. The summed E-state index contributed by atoms with van der Waals surface area (Å²) < 4.78 is 16.4. The second-order valence-electron chi connectivity index (χ2n) is 9.47. The number of carbonyl (C=O) groups excluding carboxylic acids is 2. The van der Waals surface area contributed by atoms with Crippen LogP contribution in [0.2, 0.25) is 0 Å². The van der Waals surface area contributed by atoms with Crippen LogP contribution < -0.4 is 14.8 Å². The lowest BCUT2D eigenvalue weighted by molar-refractivity contribution is -0.384. The van der Waals surface area contributed by atoms with Gasteiger partial charge in [0.2, 0.25) is 0 Å². The largest absolute Gasteiger partial charge is 0.493 e. The SMILES string of the molecule is CCCCOC(=O)C1=C(C)NC2=C(C(=O)C[C@@H](c3ccc(OC)c(OC)c3)C2)[C@@H]1c1ccc([N+](=O)[O-])cc1. The van der Waals surface area contributed by atoms with Crippen LogP contribution in [0, 0.1) is 10.1 Å². The van der Waals surface area contributed by atoms with Gasteiger partial charge in [-0.3, -0.25) is 14.9 Å². The number of carbonyl (C=O) groups is 2. The lowest BCUT2D eigenvalue weighted by atomic mass is 9.71. The molecule has 0 amide bonds. The summed E-state index contributed by atoms with van der Waals surface area (Å²) in [4.78, 5) is 37.8. The number of esters is 1. The van der Waals surface area contributed by atoms with Gasteiger partial charge in [-0.25, -0.2) is 4.79 Å². The van der Waals surface area contributed by atoms with Crippen LogP contribution in [0.4, 0.5) is 5.69 Å². The van der Waals surface area contributed by atoms with Crippen molar-refractivity contribution in [3.05, 3.63) is 86.2 Å². The average molecular weight is 521 g/mol. The van der Waals surface area contributed by atoms with Crippen LogP contribution in [-0.2, 0) is 14.3 Å². The number of Topliss-reactive ketones (excluding diaryl/α,β-unsaturated/α-hetero) is 1. The molecule has 1 heterocycles. The van der Waals surface area contributed by atoms with Crippen molar-refractivity contribution in [2.75, 3.05) is 20.8 Å². The molecule has 4 rings (SSSR count). The fourth-order valence-electron chi connectivity index (χ4n) is 5.16. The number of allylic oxidation sites excluding steroid dienone is 3. The Morgan fingerprint density at radius 2 is 1.74 bits per heavy atom. The summed E-state index contributed by atoms with van der Waals surface area (Å²) in [6.45, 7) is 4.08. The van der Waals surface area contributed by atoms with E-state index in [0.29, 0.717) is 40.3 Å². The molecule has 2 atom stereocenters. The summed E-state index contributed by atoms with van der Waals surface area (Å²) >= 11 is 0. The summed E-state index contributed by atoms with van der Waals surface area (Å²) in [5.74, 6) is -0.165. The number of ketones is 1. The van der Waals surface area contributed by atoms with Crippen molar-refractivity contribution >= 4 is 17.4 Å². The van der Waals surface area contributed by atoms with E-state index < -0.39 is 16.8 Å². The first-order chi connectivity index (χ1) is 18.3. The molecule has 38 heavy (non-hydrogen) atoms. The minimum absolute atomic E-state index is 0.0619. The zero-order valence-corrected chi connectivity index (χ0v) is 22.0. The van der Waals surface area contributed by atoms with E-state index in [1.54, 1.807) is 33.3 Å². The molecular formula is C29H32N2O7. The van der Waals surface area contributed by atoms with E-state index in [9.17, 15) is 19.7 Å². The highest BCUT2D eigenvalue weighted by Crippen LogP contribution is 2.46. The molecule has 0 radical (unpaired) electrons. The Kier molecular flexibility index (Phi) is 8.14. The Morgan fingerprint density at radius 1 is 1.05 bits per heavy atom. The average Bonchev–Trinajstić information content (AvgIpc) is 2.91. The van der Waals surface area contributed by atoms with Crippen LogP contribution in [0.3, 0.4) is 0 Å². The molecule has 1 aliphatic carbocycles. The van der Waals surface area contributed by atoms with Crippen LogP contribution >= 0.6 is 0 Å². The first-order valence-electron chi connectivity index (χ1n) is 12.7. The number of nitrogens with one attached hydrogen (secondary N) is 1. The van der Waals surface area contributed by atoms with Crippen molar-refractivity contribution in [3.8, 4) is 11.5 Å². The highest BCUT2D eigenvalue weighted by molar-refractivity contribution is 6.04. The number of nitro groups is 1. The summed E-state index contributed by atoms with van der Waals surface area (Å²) in [5.41, 5.74) is 3.72. The van der Waals surface area contributed by atoms with Gasteiger partial charge in [0.1, 0.15) is 0 Å². The number of ether oxygens (including phenoxy) is 3. The Morgan fingerprint density at radius 3 is 2.37 bits per heavy atom. The number of hydrogen-bond acceptors (Lipinski definition) is 8. The van der Waals surface area contributed by atoms with Gasteiger partial charge in [-0.1, -0.05) is 31.5 Å². The van der Waals surface area contributed by atoms with Gasteiger partial charge in [-0.2, -0.15) is 0 Å². The Balaban J connectivity index is 1.75. The van der Waals surface area contributed by atoms with E-state index in [-0.39, 0.29) is 30.4 Å². The molecule has 0 saturated heterocycles. The third kappa shape index (κ3) is 5.27. The van der Waals surface area contributed by atoms with Gasteiger partial charge < -0.3 is 19.5 Å². The molecule has 1 aliphatic heterocycles. The monoisotopic (exact) mass is 520 g/mol. The van der Waals surface area contributed by atoms with Crippen molar-refractivity contribution in [2.24, 2.45) is 0 Å². The highest BCUT2D eigenvalue weighted by atomic mass is 16.6. The van der Waals surface area contributed by atoms with Gasteiger partial charge in [0, 0.05) is 41.4 Å². The fourth-order valence-corrected chi connectivity index (χ4v) is 5.16. The lowest BCUT2D eigenvalue weighted by Crippen LogP contribution is -2.36. The topological polar surface area (TPSA) is 117 Å². The van der Waals surface area contributed by atoms with E-state index >= 15 is 0 Å². The second-order valence-corrected chi connectivity index (χ2v) is 9.47. The summed E-state index contributed by atoms with van der Waals surface area (Å²) in [6, 6.07) is 11.7. The third-order valence-corrected chi connectivity index (χ3v) is 7.09. The molecule has 9 nitrogen and oxygen atoms in total. The van der Waals surface area contributed by atoms with Gasteiger partial charge in [-0.15, -0.1) is 0 Å². The standard InChI is InChI=1S/C29H32N2O7/c1-5-6-13-38-29(33)26-17(2)30-22-14-20(19-9-12-24(36-3)25(16-19)37-4)15-23(32)28(22)27(26)18-7-10-21(11-8-18)31(34)35/h7-12,16,20,27,30H,5-6,13-15H2,1-4H3/t20-,27+/m0/s1. The van der Waals surface area contributed by atoms with E-state index in [2.05, 4.69) is 5.32 Å². The minimum atomic E-state index is -0.681. The number of unbranched alkanes of at least 4 members (excludes halogenated alkanes) is 1. The number of methoxy groups -OCH3 is 2. The third-order valence-electron chi connectivity index (χ3n) is 7.09. The highest BCUT2D eigenvalue weighted by Gasteiger charge is 2.41. The van der Waals surface area contributed by atoms with Crippen molar-refractivity contribution in [1.82, 2.24) is 5.32 Å². The van der Waals surface area contributed by atoms with Gasteiger partial charge in [0.05, 0.1) is 31.3 Å². The number of rotatable bonds is 9. The molecule has 200 valence electrons. The number of nitro benzene ring substituents is 1. The maximum Gasteiger partial charge on any atom is 0.336 e. The molecule has 0 saturated carbocycles. The van der Waals surface area contributed by atoms with Crippen molar-refractivity contribution < 1.29 is 28.7 Å². The molecule has 1 N–H and O–H groups in total. The predicted molar refractivity (Wildman–Crippen MR) is 141 cm³/mol. The van der Waals surface area contributed by atoms with Gasteiger partial charge >= 0.3 is 5.97 Å². The minimum Gasteiger partial charge on any atom is -0.493 e. The second kappa shape index (κ2) is 11.5. The molecule has 0 unspecified atom stereocenters. The van der Waals surface area contributed by atoms with Crippen molar-refractivity contribution in [2.45, 2.75) is 51.4 Å². The van der Waals surface area contributed by atoms with Crippen LogP contribution in [-0.4, -0.2) is 37.5 Å². The number of dihydropyridines is 1. The van der Waals surface area contributed by atoms with E-state index in [4.69, 9.17) is 14.2 Å². The maximum absolute atomic E-state index is 13.7. The van der Waals surface area contributed by atoms with E-state index in [1.807, 2.05) is 25.1 Å². The smallest absolute Gasteiger partial charge is 0.336 e.